The van der Waals surface area contributed by atoms with E-state index in [1.54, 1.807) is 0 Å². The molecular formula is C15H17F3O3S. The van der Waals surface area contributed by atoms with Crippen molar-refractivity contribution < 1.29 is 27.2 Å². The summed E-state index contributed by atoms with van der Waals surface area (Å²) in [5.41, 5.74) is -1.72. The maximum Gasteiger partial charge on any atom is 0.416 e. The van der Waals surface area contributed by atoms with Crippen molar-refractivity contribution in [3.8, 4) is 5.75 Å². The van der Waals surface area contributed by atoms with Crippen LogP contribution in [-0.2, 0) is 22.6 Å². The molecule has 2 heterocycles. The first-order valence-corrected chi connectivity index (χ1v) is 8.40. The topological polar surface area (TPSA) is 46.5 Å². The number of fused-ring (bicyclic) bond motifs is 2. The van der Waals surface area contributed by atoms with Crippen molar-refractivity contribution in [3.63, 3.8) is 0 Å². The van der Waals surface area contributed by atoms with E-state index in [1.165, 1.54) is 13.2 Å². The zero-order valence-electron chi connectivity index (χ0n) is 12.0. The van der Waals surface area contributed by atoms with Crippen LogP contribution in [0.4, 0.5) is 13.2 Å². The predicted molar refractivity (Wildman–Crippen MR) is 76.1 cm³/mol. The minimum atomic E-state index is -4.46. The van der Waals surface area contributed by atoms with Crippen molar-refractivity contribution in [2.75, 3.05) is 7.11 Å². The quantitative estimate of drug-likeness (QED) is 0.904. The smallest absolute Gasteiger partial charge is 0.416 e. The van der Waals surface area contributed by atoms with E-state index >= 15 is 0 Å². The van der Waals surface area contributed by atoms with E-state index in [1.807, 2.05) is 0 Å². The van der Waals surface area contributed by atoms with E-state index in [0.717, 1.165) is 25.0 Å². The van der Waals surface area contributed by atoms with Gasteiger partial charge in [0.25, 0.3) is 0 Å². The number of ether oxygens (including phenoxy) is 1. The van der Waals surface area contributed by atoms with Crippen molar-refractivity contribution in [2.45, 2.75) is 48.0 Å². The Hall–Kier alpha value is -1.08. The van der Waals surface area contributed by atoms with Crippen LogP contribution in [-0.4, -0.2) is 26.9 Å². The second-order valence-electron chi connectivity index (χ2n) is 6.00. The van der Waals surface area contributed by atoms with Crippen LogP contribution >= 0.6 is 0 Å². The fourth-order valence-electron chi connectivity index (χ4n) is 3.55. The van der Waals surface area contributed by atoms with E-state index in [0.29, 0.717) is 18.4 Å². The molecule has 2 atom stereocenters. The monoisotopic (exact) mass is 334 g/mol. The van der Waals surface area contributed by atoms with Gasteiger partial charge in [0.2, 0.25) is 0 Å². The zero-order valence-corrected chi connectivity index (χ0v) is 12.8. The molecule has 0 radical (unpaired) electrons. The Morgan fingerprint density at radius 1 is 1.27 bits per heavy atom. The van der Waals surface area contributed by atoms with Gasteiger partial charge < -0.3 is 9.84 Å². The highest BCUT2D eigenvalue weighted by atomic mass is 32.2. The average molecular weight is 334 g/mol. The molecule has 22 heavy (non-hydrogen) atoms. The molecule has 3 nitrogen and oxygen atoms in total. The van der Waals surface area contributed by atoms with Crippen LogP contribution in [0.2, 0.25) is 0 Å². The van der Waals surface area contributed by atoms with Gasteiger partial charge in [-0.3, -0.25) is 4.21 Å². The minimum absolute atomic E-state index is 0.0319. The van der Waals surface area contributed by atoms with Crippen LogP contribution < -0.4 is 4.74 Å². The Morgan fingerprint density at radius 3 is 2.36 bits per heavy atom. The largest absolute Gasteiger partial charge is 0.496 e. The highest BCUT2D eigenvalue weighted by molar-refractivity contribution is 7.86. The molecule has 2 saturated heterocycles. The first-order chi connectivity index (χ1) is 10.2. The van der Waals surface area contributed by atoms with Gasteiger partial charge in [0.15, 0.2) is 0 Å². The maximum absolute atomic E-state index is 12.8. The molecule has 1 N–H and O–H groups in total. The van der Waals surface area contributed by atoms with Crippen LogP contribution in [0.15, 0.2) is 18.2 Å². The SMILES string of the molecule is COc1cc(C(F)(F)F)ccc1C1(O)CC2CCC(C1)S2=O. The highest BCUT2D eigenvalue weighted by Crippen LogP contribution is 2.48. The van der Waals surface area contributed by atoms with Gasteiger partial charge in [0.1, 0.15) is 5.75 Å². The van der Waals surface area contributed by atoms with Gasteiger partial charge in [-0.1, -0.05) is 6.07 Å². The molecular weight excluding hydrogens is 317 g/mol. The summed E-state index contributed by atoms with van der Waals surface area (Å²) in [4.78, 5) is 0. The van der Waals surface area contributed by atoms with Gasteiger partial charge in [0, 0.05) is 26.9 Å². The summed E-state index contributed by atoms with van der Waals surface area (Å²) in [5, 5.41) is 10.8. The second-order valence-corrected chi connectivity index (χ2v) is 7.99. The van der Waals surface area contributed by atoms with Gasteiger partial charge in [-0.25, -0.2) is 0 Å². The number of alkyl halides is 3. The van der Waals surface area contributed by atoms with Crippen molar-refractivity contribution >= 4 is 10.8 Å². The number of benzene rings is 1. The van der Waals surface area contributed by atoms with E-state index < -0.39 is 28.1 Å². The van der Waals surface area contributed by atoms with Crippen molar-refractivity contribution in [3.05, 3.63) is 29.3 Å². The Kier molecular flexibility index (Phi) is 3.76. The van der Waals surface area contributed by atoms with E-state index in [-0.39, 0.29) is 16.2 Å². The van der Waals surface area contributed by atoms with Crippen LogP contribution in [0.5, 0.6) is 5.75 Å². The summed E-state index contributed by atoms with van der Waals surface area (Å²) < 4.78 is 55.6. The first kappa shape index (κ1) is 15.8. The number of hydrogen-bond donors (Lipinski definition) is 1. The Morgan fingerprint density at radius 2 is 1.86 bits per heavy atom. The molecule has 1 aromatic carbocycles. The predicted octanol–water partition coefficient (Wildman–Crippen LogP) is 2.98. The Bertz CT molecular complexity index is 599. The molecule has 0 aromatic heterocycles. The lowest BCUT2D eigenvalue weighted by atomic mass is 9.84. The lowest BCUT2D eigenvalue weighted by Gasteiger charge is -2.37. The Balaban J connectivity index is 1.99. The third-order valence-corrected chi connectivity index (χ3v) is 6.75. The number of aliphatic hydroxyl groups is 1. The molecule has 3 rings (SSSR count). The van der Waals surface area contributed by atoms with E-state index in [4.69, 9.17) is 4.74 Å². The molecule has 1 aromatic rings. The highest BCUT2D eigenvalue weighted by Gasteiger charge is 2.49. The zero-order chi connectivity index (χ0) is 16.1. The molecule has 0 aliphatic carbocycles. The molecule has 2 bridgehead atoms. The molecule has 2 unspecified atom stereocenters. The van der Waals surface area contributed by atoms with Crippen LogP contribution in [0.25, 0.3) is 0 Å². The Labute approximate surface area is 128 Å². The summed E-state index contributed by atoms with van der Waals surface area (Å²) in [5.74, 6) is 0.0319. The summed E-state index contributed by atoms with van der Waals surface area (Å²) in [6.07, 6.45) is -2.26. The summed E-state index contributed by atoms with van der Waals surface area (Å²) >= 11 is 0. The first-order valence-electron chi connectivity index (χ1n) is 7.12. The molecule has 122 valence electrons. The van der Waals surface area contributed by atoms with Gasteiger partial charge in [0.05, 0.1) is 18.3 Å². The van der Waals surface area contributed by atoms with Crippen LogP contribution in [0.3, 0.4) is 0 Å². The number of hydrogen-bond acceptors (Lipinski definition) is 3. The van der Waals surface area contributed by atoms with Crippen molar-refractivity contribution in [1.29, 1.82) is 0 Å². The molecule has 0 spiro atoms. The summed E-state index contributed by atoms with van der Waals surface area (Å²) in [7, 11) is 0.343. The maximum atomic E-state index is 12.8. The summed E-state index contributed by atoms with van der Waals surface area (Å²) in [6.45, 7) is 0. The number of methoxy groups -OCH3 is 1. The lowest BCUT2D eigenvalue weighted by molar-refractivity contribution is -0.137. The van der Waals surface area contributed by atoms with Gasteiger partial charge in [-0.05, 0) is 37.8 Å². The molecule has 0 amide bonds. The van der Waals surface area contributed by atoms with E-state index in [2.05, 4.69) is 0 Å². The lowest BCUT2D eigenvalue weighted by Crippen LogP contribution is -2.40. The molecule has 7 heteroatoms. The van der Waals surface area contributed by atoms with Crippen LogP contribution in [0, 0.1) is 0 Å². The number of rotatable bonds is 2. The van der Waals surface area contributed by atoms with Gasteiger partial charge in [-0.2, -0.15) is 13.2 Å². The molecule has 2 aliphatic rings. The molecule has 0 saturated carbocycles. The minimum Gasteiger partial charge on any atom is -0.496 e. The van der Waals surface area contributed by atoms with Crippen molar-refractivity contribution in [2.24, 2.45) is 0 Å². The summed E-state index contributed by atoms with van der Waals surface area (Å²) in [6, 6.07) is 3.17. The fraction of sp³-hybridized carbons (Fsp3) is 0.600. The molecule has 2 aliphatic heterocycles. The van der Waals surface area contributed by atoms with Crippen LogP contribution in [0.1, 0.15) is 36.8 Å². The van der Waals surface area contributed by atoms with Crippen molar-refractivity contribution in [1.82, 2.24) is 0 Å². The normalized spacial score (nSPS) is 34.7. The second kappa shape index (κ2) is 5.23. The molecule has 2 fully saturated rings. The third kappa shape index (κ3) is 2.54. The third-order valence-electron chi connectivity index (χ3n) is 4.63. The van der Waals surface area contributed by atoms with E-state index in [9.17, 15) is 22.5 Å². The van der Waals surface area contributed by atoms with Gasteiger partial charge in [-0.15, -0.1) is 0 Å². The van der Waals surface area contributed by atoms with Gasteiger partial charge >= 0.3 is 6.18 Å². The fourth-order valence-corrected chi connectivity index (χ4v) is 5.71. The standard InChI is InChI=1S/C15H17F3O3S/c1-21-13-6-9(15(16,17)18)2-5-12(13)14(19)7-10-3-4-11(8-14)22(10)20/h2,5-6,10-11,19H,3-4,7-8H2,1H3. The average Bonchev–Trinajstić information content (AvgIpc) is 2.69. The number of halogens is 3.